The summed E-state index contributed by atoms with van der Waals surface area (Å²) in [7, 11) is 0. The topological polar surface area (TPSA) is 40.7 Å². The van der Waals surface area contributed by atoms with E-state index < -0.39 is 0 Å². The fraction of sp³-hybridized carbons (Fsp3) is 0.357. The molecule has 2 heterocycles. The van der Waals surface area contributed by atoms with Crippen molar-refractivity contribution in [1.82, 2.24) is 15.3 Å². The van der Waals surface area contributed by atoms with Crippen molar-refractivity contribution in [1.29, 1.82) is 0 Å². The van der Waals surface area contributed by atoms with Gasteiger partial charge in [0.15, 0.2) is 0 Å². The molecule has 0 radical (unpaired) electrons. The summed E-state index contributed by atoms with van der Waals surface area (Å²) in [6.07, 6.45) is 5.21. The summed E-state index contributed by atoms with van der Waals surface area (Å²) in [5.41, 5.74) is 1.81. The summed E-state index contributed by atoms with van der Waals surface area (Å²) in [6, 6.07) is 5.98. The van der Waals surface area contributed by atoms with Crippen molar-refractivity contribution >= 4 is 23.2 Å². The molecular formula is C14H15Cl2N3. The zero-order valence-corrected chi connectivity index (χ0v) is 11.9. The van der Waals surface area contributed by atoms with Crippen molar-refractivity contribution < 1.29 is 0 Å². The Bertz CT molecular complexity index is 574. The molecule has 2 N–H and O–H groups in total. The smallest absolute Gasteiger partial charge is 0.108 e. The lowest BCUT2D eigenvalue weighted by atomic mass is 10.1. The minimum atomic E-state index is 0.536. The van der Waals surface area contributed by atoms with Gasteiger partial charge in [0.1, 0.15) is 5.82 Å². The summed E-state index contributed by atoms with van der Waals surface area (Å²) in [5.74, 6) is 0.991. The van der Waals surface area contributed by atoms with Crippen molar-refractivity contribution in [2.75, 3.05) is 6.54 Å². The van der Waals surface area contributed by atoms with Gasteiger partial charge in [-0.2, -0.15) is 0 Å². The van der Waals surface area contributed by atoms with Crippen molar-refractivity contribution in [2.24, 2.45) is 0 Å². The SMILES string of the molecule is Clc1ccc(Cl)c(-c2cnc(CC3CCCN3)[nH]2)c1. The van der Waals surface area contributed by atoms with Crippen LogP contribution in [0, 0.1) is 0 Å². The van der Waals surface area contributed by atoms with E-state index in [-0.39, 0.29) is 0 Å². The van der Waals surface area contributed by atoms with Gasteiger partial charge in [0.25, 0.3) is 0 Å². The van der Waals surface area contributed by atoms with E-state index in [2.05, 4.69) is 15.3 Å². The van der Waals surface area contributed by atoms with Gasteiger partial charge in [-0.3, -0.25) is 0 Å². The molecule has 3 nitrogen and oxygen atoms in total. The van der Waals surface area contributed by atoms with Gasteiger partial charge < -0.3 is 10.3 Å². The van der Waals surface area contributed by atoms with Gasteiger partial charge >= 0.3 is 0 Å². The zero-order chi connectivity index (χ0) is 13.2. The van der Waals surface area contributed by atoms with Crippen LogP contribution in [0.15, 0.2) is 24.4 Å². The third kappa shape index (κ3) is 2.94. The third-order valence-corrected chi connectivity index (χ3v) is 4.01. The summed E-state index contributed by atoms with van der Waals surface area (Å²) in [4.78, 5) is 7.76. The van der Waals surface area contributed by atoms with Gasteiger partial charge in [-0.15, -0.1) is 0 Å². The number of rotatable bonds is 3. The standard InChI is InChI=1S/C14H15Cl2N3/c15-9-3-4-12(16)11(6-9)13-8-18-14(19-13)7-10-2-1-5-17-10/h3-4,6,8,10,17H,1-2,5,7H2,(H,18,19). The summed E-state index contributed by atoms with van der Waals surface area (Å²) in [5, 5.41) is 4.82. The van der Waals surface area contributed by atoms with Crippen LogP contribution in [0.5, 0.6) is 0 Å². The van der Waals surface area contributed by atoms with Crippen LogP contribution in [0.25, 0.3) is 11.3 Å². The van der Waals surface area contributed by atoms with Gasteiger partial charge in [-0.25, -0.2) is 4.98 Å². The Morgan fingerprint density at radius 1 is 1.32 bits per heavy atom. The molecule has 1 saturated heterocycles. The maximum atomic E-state index is 6.19. The summed E-state index contributed by atoms with van der Waals surface area (Å²) in [6.45, 7) is 1.11. The minimum absolute atomic E-state index is 0.536. The Labute approximate surface area is 122 Å². The Morgan fingerprint density at radius 2 is 2.21 bits per heavy atom. The second-order valence-corrected chi connectivity index (χ2v) is 5.71. The molecule has 1 aromatic carbocycles. The fourth-order valence-electron chi connectivity index (χ4n) is 2.47. The van der Waals surface area contributed by atoms with E-state index in [4.69, 9.17) is 23.2 Å². The maximum Gasteiger partial charge on any atom is 0.108 e. The zero-order valence-electron chi connectivity index (χ0n) is 10.4. The highest BCUT2D eigenvalue weighted by atomic mass is 35.5. The highest BCUT2D eigenvalue weighted by Crippen LogP contribution is 2.29. The molecule has 2 aromatic rings. The predicted octanol–water partition coefficient (Wildman–Crippen LogP) is 3.68. The molecule has 1 atom stereocenters. The van der Waals surface area contributed by atoms with E-state index in [0.717, 1.165) is 30.0 Å². The van der Waals surface area contributed by atoms with Crippen molar-refractivity contribution in [3.63, 3.8) is 0 Å². The third-order valence-electron chi connectivity index (χ3n) is 3.45. The monoisotopic (exact) mass is 295 g/mol. The maximum absolute atomic E-state index is 6.19. The van der Waals surface area contributed by atoms with Crippen LogP contribution in [0.3, 0.4) is 0 Å². The molecule has 0 saturated carbocycles. The number of nitrogens with one attached hydrogen (secondary N) is 2. The molecule has 19 heavy (non-hydrogen) atoms. The van der Waals surface area contributed by atoms with Gasteiger partial charge in [0.05, 0.1) is 16.9 Å². The lowest BCUT2D eigenvalue weighted by Gasteiger charge is -2.07. The van der Waals surface area contributed by atoms with Crippen LogP contribution in [0.1, 0.15) is 18.7 Å². The first kappa shape index (κ1) is 13.0. The van der Waals surface area contributed by atoms with Crippen LogP contribution >= 0.6 is 23.2 Å². The van der Waals surface area contributed by atoms with Crippen molar-refractivity contribution in [2.45, 2.75) is 25.3 Å². The van der Waals surface area contributed by atoms with E-state index in [1.54, 1.807) is 12.1 Å². The summed E-state index contributed by atoms with van der Waals surface area (Å²) >= 11 is 12.2. The number of nitrogens with zero attached hydrogens (tertiary/aromatic N) is 1. The van der Waals surface area contributed by atoms with Crippen molar-refractivity contribution in [3.05, 3.63) is 40.3 Å². The van der Waals surface area contributed by atoms with Gasteiger partial charge in [0.2, 0.25) is 0 Å². The molecule has 100 valence electrons. The van der Waals surface area contributed by atoms with Gasteiger partial charge in [-0.05, 0) is 37.6 Å². The first-order valence-corrected chi connectivity index (χ1v) is 7.20. The van der Waals surface area contributed by atoms with Gasteiger partial charge in [-0.1, -0.05) is 23.2 Å². The van der Waals surface area contributed by atoms with Crippen molar-refractivity contribution in [3.8, 4) is 11.3 Å². The molecule has 1 fully saturated rings. The first-order chi connectivity index (χ1) is 9.22. The molecule has 1 aliphatic heterocycles. The van der Waals surface area contributed by atoms with Crippen LogP contribution in [0.2, 0.25) is 10.0 Å². The van der Waals surface area contributed by atoms with Gasteiger partial charge in [0, 0.05) is 23.0 Å². The molecule has 5 heteroatoms. The first-order valence-electron chi connectivity index (χ1n) is 6.45. The number of hydrogen-bond donors (Lipinski definition) is 2. The van der Waals surface area contributed by atoms with Crippen LogP contribution in [-0.2, 0) is 6.42 Å². The Kier molecular flexibility index (Phi) is 3.78. The molecule has 1 unspecified atom stereocenters. The molecule has 0 spiro atoms. The van der Waals surface area contributed by atoms with E-state index in [1.165, 1.54) is 12.8 Å². The second-order valence-electron chi connectivity index (χ2n) is 4.87. The van der Waals surface area contributed by atoms with E-state index in [1.807, 2.05) is 12.3 Å². The quantitative estimate of drug-likeness (QED) is 0.907. The Morgan fingerprint density at radius 3 is 3.00 bits per heavy atom. The molecule has 1 aliphatic rings. The van der Waals surface area contributed by atoms with E-state index in [0.29, 0.717) is 16.1 Å². The fourth-order valence-corrected chi connectivity index (χ4v) is 2.86. The molecule has 0 amide bonds. The Balaban J connectivity index is 1.82. The predicted molar refractivity (Wildman–Crippen MR) is 78.8 cm³/mol. The minimum Gasteiger partial charge on any atom is -0.342 e. The molecule has 0 bridgehead atoms. The average Bonchev–Trinajstić information content (AvgIpc) is 3.04. The summed E-state index contributed by atoms with van der Waals surface area (Å²) < 4.78 is 0. The average molecular weight is 296 g/mol. The molecule has 1 aromatic heterocycles. The van der Waals surface area contributed by atoms with Crippen LogP contribution < -0.4 is 5.32 Å². The number of aromatic amines is 1. The molecule has 3 rings (SSSR count). The number of H-pyrrole nitrogens is 1. The largest absolute Gasteiger partial charge is 0.342 e. The molecular weight excluding hydrogens is 281 g/mol. The lowest BCUT2D eigenvalue weighted by molar-refractivity contribution is 0.589. The van der Waals surface area contributed by atoms with Crippen LogP contribution in [-0.4, -0.2) is 22.6 Å². The molecule has 0 aliphatic carbocycles. The number of halogens is 2. The highest BCUT2D eigenvalue weighted by molar-refractivity contribution is 6.35. The van der Waals surface area contributed by atoms with E-state index in [9.17, 15) is 0 Å². The normalized spacial score (nSPS) is 18.9. The number of aromatic nitrogens is 2. The number of benzene rings is 1. The lowest BCUT2D eigenvalue weighted by Crippen LogP contribution is -2.24. The number of hydrogen-bond acceptors (Lipinski definition) is 2. The van der Waals surface area contributed by atoms with Crippen LogP contribution in [0.4, 0.5) is 0 Å². The number of imidazole rings is 1. The highest BCUT2D eigenvalue weighted by Gasteiger charge is 2.16. The van der Waals surface area contributed by atoms with E-state index >= 15 is 0 Å². The Hall–Kier alpha value is -1.03. The second kappa shape index (κ2) is 5.53.